The fourth-order valence-electron chi connectivity index (χ4n) is 2.56. The number of rotatable bonds is 6. The van der Waals surface area contributed by atoms with Crippen LogP contribution in [0.15, 0.2) is 29.1 Å². The molecule has 0 aliphatic heterocycles. The fourth-order valence-corrected chi connectivity index (χ4v) is 3.48. The molecule has 7 nitrogen and oxygen atoms in total. The predicted octanol–water partition coefficient (Wildman–Crippen LogP) is 1.90. The number of aromatic nitrogens is 3. The van der Waals surface area contributed by atoms with Crippen LogP contribution < -0.4 is 10.9 Å². The lowest BCUT2D eigenvalue weighted by Crippen LogP contribution is -2.35. The zero-order valence-corrected chi connectivity index (χ0v) is 15.7. The highest BCUT2D eigenvalue weighted by atomic mass is 32.1. The first kappa shape index (κ1) is 18.2. The summed E-state index contributed by atoms with van der Waals surface area (Å²) in [6.45, 7) is 4.49. The summed E-state index contributed by atoms with van der Waals surface area (Å²) in [6.07, 6.45) is 0. The molecule has 3 aromatic rings. The molecule has 0 bridgehead atoms. The SMILES string of the molecule is COCCNC(=O)Cn1nc(-c2ccc(C)cc2)c2sc(C)nc2c1=O. The lowest BCUT2D eigenvalue weighted by Gasteiger charge is -2.09. The predicted molar refractivity (Wildman–Crippen MR) is 101 cm³/mol. The van der Waals surface area contributed by atoms with Crippen LogP contribution in [0.4, 0.5) is 0 Å². The molecule has 2 aromatic heterocycles. The molecular formula is C18H20N4O3S. The van der Waals surface area contributed by atoms with Gasteiger partial charge in [-0.2, -0.15) is 5.10 Å². The van der Waals surface area contributed by atoms with Crippen molar-refractivity contribution in [3.05, 3.63) is 45.2 Å². The number of nitrogens with zero attached hydrogens (tertiary/aromatic N) is 3. The maximum Gasteiger partial charge on any atom is 0.294 e. The van der Waals surface area contributed by atoms with Gasteiger partial charge in [0.25, 0.3) is 5.56 Å². The summed E-state index contributed by atoms with van der Waals surface area (Å²) in [5, 5.41) is 7.95. The molecule has 0 saturated carbocycles. The Morgan fingerprint density at radius 2 is 2.00 bits per heavy atom. The van der Waals surface area contributed by atoms with E-state index in [1.807, 2.05) is 38.1 Å². The minimum absolute atomic E-state index is 0.159. The van der Waals surface area contributed by atoms with Crippen LogP contribution in [0, 0.1) is 13.8 Å². The van der Waals surface area contributed by atoms with E-state index in [1.54, 1.807) is 7.11 Å². The van der Waals surface area contributed by atoms with Gasteiger partial charge in [-0.25, -0.2) is 9.67 Å². The Bertz CT molecular complexity index is 992. The molecule has 2 heterocycles. The summed E-state index contributed by atoms with van der Waals surface area (Å²) < 4.78 is 6.83. The minimum Gasteiger partial charge on any atom is -0.383 e. The number of ether oxygens (including phenoxy) is 1. The molecule has 0 spiro atoms. The molecule has 1 amide bonds. The molecule has 1 N–H and O–H groups in total. The van der Waals surface area contributed by atoms with E-state index < -0.39 is 0 Å². The quantitative estimate of drug-likeness (QED) is 0.668. The van der Waals surface area contributed by atoms with Crippen LogP contribution in [0.5, 0.6) is 0 Å². The first-order valence-corrected chi connectivity index (χ1v) is 9.02. The Kier molecular flexibility index (Phi) is 5.43. The van der Waals surface area contributed by atoms with Gasteiger partial charge >= 0.3 is 0 Å². The molecule has 0 radical (unpaired) electrons. The van der Waals surface area contributed by atoms with Crippen molar-refractivity contribution in [2.75, 3.05) is 20.3 Å². The lowest BCUT2D eigenvalue weighted by molar-refractivity contribution is -0.122. The molecule has 0 unspecified atom stereocenters. The van der Waals surface area contributed by atoms with Crippen molar-refractivity contribution in [1.82, 2.24) is 20.1 Å². The number of hydrogen-bond acceptors (Lipinski definition) is 6. The zero-order chi connectivity index (χ0) is 18.7. The van der Waals surface area contributed by atoms with Crippen LogP contribution in [0.1, 0.15) is 10.6 Å². The van der Waals surface area contributed by atoms with E-state index in [1.165, 1.54) is 16.0 Å². The average Bonchev–Trinajstić information content (AvgIpc) is 3.00. The highest BCUT2D eigenvalue weighted by Gasteiger charge is 2.17. The van der Waals surface area contributed by atoms with Crippen molar-refractivity contribution < 1.29 is 9.53 Å². The average molecular weight is 372 g/mol. The summed E-state index contributed by atoms with van der Waals surface area (Å²) in [6, 6.07) is 7.90. The largest absolute Gasteiger partial charge is 0.383 e. The zero-order valence-electron chi connectivity index (χ0n) is 14.9. The standard InChI is InChI=1S/C18H20N4O3S/c1-11-4-6-13(7-5-11)15-17-16(20-12(2)26-17)18(24)22(21-15)10-14(23)19-8-9-25-3/h4-7H,8-10H2,1-3H3,(H,19,23). The molecule has 0 atom stereocenters. The van der Waals surface area contributed by atoms with Gasteiger partial charge in [-0.15, -0.1) is 11.3 Å². The van der Waals surface area contributed by atoms with Crippen LogP contribution >= 0.6 is 11.3 Å². The fraction of sp³-hybridized carbons (Fsp3) is 0.333. The van der Waals surface area contributed by atoms with Crippen LogP contribution in [-0.4, -0.2) is 40.9 Å². The van der Waals surface area contributed by atoms with Crippen molar-refractivity contribution in [3.8, 4) is 11.3 Å². The molecule has 0 saturated heterocycles. The molecule has 3 rings (SSSR count). The van der Waals surface area contributed by atoms with E-state index in [2.05, 4.69) is 15.4 Å². The number of carbonyl (C=O) groups is 1. The van der Waals surface area contributed by atoms with Crippen molar-refractivity contribution in [3.63, 3.8) is 0 Å². The van der Waals surface area contributed by atoms with Crippen molar-refractivity contribution in [1.29, 1.82) is 0 Å². The molecule has 136 valence electrons. The number of amides is 1. The number of benzene rings is 1. The summed E-state index contributed by atoms with van der Waals surface area (Å²) in [4.78, 5) is 29.1. The number of aryl methyl sites for hydroxylation is 2. The van der Waals surface area contributed by atoms with Crippen LogP contribution in [0.2, 0.25) is 0 Å². The van der Waals surface area contributed by atoms with Gasteiger partial charge in [0, 0.05) is 19.2 Å². The number of hydrogen-bond donors (Lipinski definition) is 1. The van der Waals surface area contributed by atoms with E-state index in [0.717, 1.165) is 20.8 Å². The molecule has 26 heavy (non-hydrogen) atoms. The van der Waals surface area contributed by atoms with E-state index in [0.29, 0.717) is 24.4 Å². The van der Waals surface area contributed by atoms with Gasteiger partial charge in [0.15, 0.2) is 5.52 Å². The summed E-state index contributed by atoms with van der Waals surface area (Å²) >= 11 is 1.43. The lowest BCUT2D eigenvalue weighted by atomic mass is 10.1. The molecule has 8 heteroatoms. The van der Waals surface area contributed by atoms with Gasteiger partial charge in [-0.1, -0.05) is 29.8 Å². The van der Waals surface area contributed by atoms with E-state index in [4.69, 9.17) is 4.74 Å². The first-order valence-electron chi connectivity index (χ1n) is 8.20. The monoisotopic (exact) mass is 372 g/mol. The van der Waals surface area contributed by atoms with E-state index >= 15 is 0 Å². The normalized spacial score (nSPS) is 11.0. The number of carbonyl (C=O) groups excluding carboxylic acids is 1. The number of methoxy groups -OCH3 is 1. The van der Waals surface area contributed by atoms with E-state index in [-0.39, 0.29) is 18.0 Å². The topological polar surface area (TPSA) is 86.1 Å². The van der Waals surface area contributed by atoms with Gasteiger partial charge in [0.05, 0.1) is 16.3 Å². The second-order valence-corrected chi connectivity index (χ2v) is 7.13. The Labute approximate surface area is 154 Å². The van der Waals surface area contributed by atoms with E-state index in [9.17, 15) is 9.59 Å². The summed E-state index contributed by atoms with van der Waals surface area (Å²) in [5.74, 6) is -0.294. The second kappa shape index (κ2) is 7.76. The highest BCUT2D eigenvalue weighted by Crippen LogP contribution is 2.29. The van der Waals surface area contributed by atoms with Crippen LogP contribution in [0.25, 0.3) is 21.5 Å². The smallest absolute Gasteiger partial charge is 0.294 e. The third kappa shape index (κ3) is 3.81. The van der Waals surface area contributed by atoms with Crippen molar-refractivity contribution in [2.45, 2.75) is 20.4 Å². The second-order valence-electron chi connectivity index (χ2n) is 5.93. The van der Waals surface area contributed by atoms with Gasteiger partial charge in [0.1, 0.15) is 12.2 Å². The third-order valence-corrected chi connectivity index (χ3v) is 4.83. The minimum atomic E-state index is -0.359. The Balaban J connectivity index is 2.04. The van der Waals surface area contributed by atoms with Crippen LogP contribution in [-0.2, 0) is 16.1 Å². The Hall–Kier alpha value is -2.58. The van der Waals surface area contributed by atoms with Gasteiger partial charge < -0.3 is 10.1 Å². The molecule has 0 aliphatic carbocycles. The van der Waals surface area contributed by atoms with Crippen molar-refractivity contribution >= 4 is 27.5 Å². The first-order chi connectivity index (χ1) is 12.5. The van der Waals surface area contributed by atoms with Crippen LogP contribution in [0.3, 0.4) is 0 Å². The molecule has 0 fully saturated rings. The highest BCUT2D eigenvalue weighted by molar-refractivity contribution is 7.19. The Morgan fingerprint density at radius 1 is 1.27 bits per heavy atom. The van der Waals surface area contributed by atoms with Gasteiger partial charge in [-0.05, 0) is 13.8 Å². The molecule has 0 aliphatic rings. The molecular weight excluding hydrogens is 352 g/mol. The maximum absolute atomic E-state index is 12.7. The van der Waals surface area contributed by atoms with Gasteiger partial charge in [-0.3, -0.25) is 9.59 Å². The summed E-state index contributed by atoms with van der Waals surface area (Å²) in [5.41, 5.74) is 2.67. The number of fused-ring (bicyclic) bond motifs is 1. The number of thiazole rings is 1. The maximum atomic E-state index is 12.7. The Morgan fingerprint density at radius 3 is 2.69 bits per heavy atom. The van der Waals surface area contributed by atoms with Crippen molar-refractivity contribution in [2.24, 2.45) is 0 Å². The third-order valence-electron chi connectivity index (χ3n) is 3.85. The van der Waals surface area contributed by atoms with Gasteiger partial charge in [0.2, 0.25) is 5.91 Å². The number of nitrogens with one attached hydrogen (secondary N) is 1. The molecule has 1 aromatic carbocycles. The summed E-state index contributed by atoms with van der Waals surface area (Å²) in [7, 11) is 1.56.